The number of hydrogen-bond donors (Lipinski definition) is 1. The molecule has 2 nitrogen and oxygen atoms in total. The lowest BCUT2D eigenvalue weighted by molar-refractivity contribution is 0.420. The van der Waals surface area contributed by atoms with Gasteiger partial charge in [-0.15, -0.1) is 0 Å². The summed E-state index contributed by atoms with van der Waals surface area (Å²) in [5.41, 5.74) is 2.90. The summed E-state index contributed by atoms with van der Waals surface area (Å²) in [5.74, 6) is 0. The van der Waals surface area contributed by atoms with Crippen LogP contribution in [-0.2, 0) is 6.42 Å². The molecule has 2 heteroatoms. The van der Waals surface area contributed by atoms with Crippen molar-refractivity contribution in [1.82, 2.24) is 5.32 Å². The molecule has 0 amide bonds. The monoisotopic (exact) mass is 272 g/mol. The Hall–Kier alpha value is -1.02. The number of rotatable bonds is 6. The van der Waals surface area contributed by atoms with E-state index in [1.54, 1.807) is 0 Å². The van der Waals surface area contributed by atoms with Gasteiger partial charge in [-0.25, -0.2) is 0 Å². The molecular weight excluding hydrogens is 244 g/mol. The number of hydrogen-bond acceptors (Lipinski definition) is 2. The lowest BCUT2D eigenvalue weighted by atomic mass is 10.0. The molecule has 110 valence electrons. The second-order valence-electron chi connectivity index (χ2n) is 6.50. The Morgan fingerprint density at radius 2 is 1.90 bits per heavy atom. The summed E-state index contributed by atoms with van der Waals surface area (Å²) >= 11 is 0. The Kier molecular flexibility index (Phi) is 4.62. The summed E-state index contributed by atoms with van der Waals surface area (Å²) in [6.45, 7) is 4.66. The van der Waals surface area contributed by atoms with Crippen molar-refractivity contribution < 1.29 is 0 Å². The summed E-state index contributed by atoms with van der Waals surface area (Å²) in [6.07, 6.45) is 9.26. The van der Waals surface area contributed by atoms with Crippen molar-refractivity contribution in [3.63, 3.8) is 0 Å². The highest BCUT2D eigenvalue weighted by molar-refractivity contribution is 5.48. The minimum Gasteiger partial charge on any atom is -0.370 e. The molecule has 1 unspecified atom stereocenters. The second-order valence-corrected chi connectivity index (χ2v) is 6.50. The topological polar surface area (TPSA) is 15.3 Å². The molecule has 0 spiro atoms. The van der Waals surface area contributed by atoms with Gasteiger partial charge in [-0.05, 0) is 56.2 Å². The molecular formula is C18H28N2. The zero-order valence-electron chi connectivity index (χ0n) is 12.8. The van der Waals surface area contributed by atoms with Crippen molar-refractivity contribution >= 4 is 5.69 Å². The highest BCUT2D eigenvalue weighted by Crippen LogP contribution is 2.24. The average Bonchev–Trinajstić information content (AvgIpc) is 3.30. The van der Waals surface area contributed by atoms with Crippen LogP contribution in [0.25, 0.3) is 0 Å². The molecule has 1 atom stereocenters. The van der Waals surface area contributed by atoms with Crippen molar-refractivity contribution in [2.75, 3.05) is 18.0 Å². The quantitative estimate of drug-likeness (QED) is 0.848. The van der Waals surface area contributed by atoms with E-state index >= 15 is 0 Å². The van der Waals surface area contributed by atoms with Gasteiger partial charge < -0.3 is 10.2 Å². The molecule has 1 aromatic rings. The van der Waals surface area contributed by atoms with Crippen LogP contribution in [0.15, 0.2) is 24.3 Å². The predicted octanol–water partition coefficient (Wildman–Crippen LogP) is 3.75. The van der Waals surface area contributed by atoms with Crippen LogP contribution in [0.1, 0.15) is 51.0 Å². The number of piperidine rings is 1. The fraction of sp³-hybridized carbons (Fsp3) is 0.667. The minimum absolute atomic E-state index is 0.705. The van der Waals surface area contributed by atoms with E-state index in [1.165, 1.54) is 69.3 Å². The van der Waals surface area contributed by atoms with Crippen molar-refractivity contribution in [3.8, 4) is 0 Å². The number of benzene rings is 1. The van der Waals surface area contributed by atoms with Gasteiger partial charge in [0.1, 0.15) is 0 Å². The van der Waals surface area contributed by atoms with Gasteiger partial charge in [0.15, 0.2) is 0 Å². The first kappa shape index (κ1) is 13.9. The molecule has 0 bridgehead atoms. The maximum absolute atomic E-state index is 3.79. The van der Waals surface area contributed by atoms with Gasteiger partial charge in [0.05, 0.1) is 0 Å². The number of anilines is 1. The second kappa shape index (κ2) is 6.62. The van der Waals surface area contributed by atoms with E-state index in [4.69, 9.17) is 0 Å². The fourth-order valence-electron chi connectivity index (χ4n) is 3.19. The average molecular weight is 272 g/mol. The molecule has 20 heavy (non-hydrogen) atoms. The Bertz CT molecular complexity index is 408. The van der Waals surface area contributed by atoms with E-state index in [1.807, 2.05) is 0 Å². The van der Waals surface area contributed by atoms with Gasteiger partial charge in [0.25, 0.3) is 0 Å². The van der Waals surface area contributed by atoms with Crippen molar-refractivity contribution in [2.24, 2.45) is 0 Å². The van der Waals surface area contributed by atoms with Crippen LogP contribution < -0.4 is 10.2 Å². The van der Waals surface area contributed by atoms with Gasteiger partial charge in [0.2, 0.25) is 0 Å². The maximum Gasteiger partial charge on any atom is 0.0366 e. The fourth-order valence-corrected chi connectivity index (χ4v) is 3.19. The van der Waals surface area contributed by atoms with Crippen LogP contribution in [0.4, 0.5) is 5.69 Å². The molecule has 2 fully saturated rings. The normalized spacial score (nSPS) is 23.1. The molecule has 1 N–H and O–H groups in total. The van der Waals surface area contributed by atoms with E-state index < -0.39 is 0 Å². The Balaban J connectivity index is 1.56. The lowest BCUT2D eigenvalue weighted by Gasteiger charge is -2.35. The van der Waals surface area contributed by atoms with E-state index in [0.717, 1.165) is 6.04 Å². The Morgan fingerprint density at radius 3 is 2.60 bits per heavy atom. The first-order chi connectivity index (χ1) is 9.85. The zero-order valence-corrected chi connectivity index (χ0v) is 12.8. The molecule has 0 aromatic heterocycles. The van der Waals surface area contributed by atoms with Crippen molar-refractivity contribution in [1.29, 1.82) is 0 Å². The molecule has 1 aliphatic carbocycles. The predicted molar refractivity (Wildman–Crippen MR) is 86.4 cm³/mol. The molecule has 1 saturated heterocycles. The summed E-state index contributed by atoms with van der Waals surface area (Å²) in [7, 11) is 0. The van der Waals surface area contributed by atoms with Gasteiger partial charge in [-0.1, -0.05) is 25.5 Å². The van der Waals surface area contributed by atoms with E-state index in [0.29, 0.717) is 6.04 Å². The lowest BCUT2D eigenvalue weighted by Crippen LogP contribution is -2.46. The molecule has 1 aromatic carbocycles. The van der Waals surface area contributed by atoms with Crippen LogP contribution in [0.5, 0.6) is 0 Å². The van der Waals surface area contributed by atoms with Crippen LogP contribution in [0.2, 0.25) is 0 Å². The van der Waals surface area contributed by atoms with Gasteiger partial charge in [-0.3, -0.25) is 0 Å². The van der Waals surface area contributed by atoms with Crippen LogP contribution >= 0.6 is 0 Å². The molecule has 0 radical (unpaired) electrons. The first-order valence-corrected chi connectivity index (χ1v) is 8.45. The first-order valence-electron chi connectivity index (χ1n) is 8.45. The maximum atomic E-state index is 3.79. The molecule has 3 rings (SSSR count). The van der Waals surface area contributed by atoms with Crippen molar-refractivity contribution in [2.45, 2.75) is 64.0 Å². The molecule has 1 saturated carbocycles. The standard InChI is InChI=1S/C18H28N2/c1-2-3-5-15-7-11-18(12-8-15)20-13-4-6-17(14-20)19-16-9-10-16/h7-8,11-12,16-17,19H,2-6,9-10,13-14H2,1H3. The van der Waals surface area contributed by atoms with Gasteiger partial charge in [0, 0.05) is 30.9 Å². The summed E-state index contributed by atoms with van der Waals surface area (Å²) in [5, 5.41) is 3.79. The van der Waals surface area contributed by atoms with Crippen molar-refractivity contribution in [3.05, 3.63) is 29.8 Å². The number of nitrogens with one attached hydrogen (secondary N) is 1. The Labute approximate surface area is 123 Å². The van der Waals surface area contributed by atoms with E-state index in [-0.39, 0.29) is 0 Å². The summed E-state index contributed by atoms with van der Waals surface area (Å²) in [4.78, 5) is 2.56. The summed E-state index contributed by atoms with van der Waals surface area (Å²) in [6, 6.07) is 10.8. The van der Waals surface area contributed by atoms with Gasteiger partial charge in [-0.2, -0.15) is 0 Å². The highest BCUT2D eigenvalue weighted by atomic mass is 15.2. The van der Waals surface area contributed by atoms with Crippen LogP contribution in [0, 0.1) is 0 Å². The third-order valence-electron chi connectivity index (χ3n) is 4.59. The zero-order chi connectivity index (χ0) is 13.8. The number of aryl methyl sites for hydroxylation is 1. The SMILES string of the molecule is CCCCc1ccc(N2CCCC(NC3CC3)C2)cc1. The third kappa shape index (κ3) is 3.76. The smallest absolute Gasteiger partial charge is 0.0366 e. The molecule has 1 heterocycles. The third-order valence-corrected chi connectivity index (χ3v) is 4.59. The minimum atomic E-state index is 0.705. The molecule has 2 aliphatic rings. The van der Waals surface area contributed by atoms with Crippen LogP contribution in [-0.4, -0.2) is 25.2 Å². The summed E-state index contributed by atoms with van der Waals surface area (Å²) < 4.78 is 0. The molecule has 1 aliphatic heterocycles. The number of nitrogens with zero attached hydrogens (tertiary/aromatic N) is 1. The Morgan fingerprint density at radius 1 is 1.10 bits per heavy atom. The van der Waals surface area contributed by atoms with E-state index in [2.05, 4.69) is 41.4 Å². The van der Waals surface area contributed by atoms with Crippen LogP contribution in [0.3, 0.4) is 0 Å². The van der Waals surface area contributed by atoms with Gasteiger partial charge >= 0.3 is 0 Å². The van der Waals surface area contributed by atoms with E-state index in [9.17, 15) is 0 Å². The number of unbranched alkanes of at least 4 members (excludes halogenated alkanes) is 1. The highest BCUT2D eigenvalue weighted by Gasteiger charge is 2.27. The largest absolute Gasteiger partial charge is 0.370 e.